The Morgan fingerprint density at radius 2 is 2.17 bits per heavy atom. The summed E-state index contributed by atoms with van der Waals surface area (Å²) in [5, 5.41) is 6.55. The third-order valence-electron chi connectivity index (χ3n) is 4.52. The van der Waals surface area contributed by atoms with Crippen molar-refractivity contribution in [3.8, 4) is 0 Å². The molecule has 0 atom stereocenters. The molecule has 0 spiro atoms. The lowest BCUT2D eigenvalue weighted by atomic mass is 9.95. The van der Waals surface area contributed by atoms with Crippen LogP contribution in [0.2, 0.25) is 0 Å². The Bertz CT molecular complexity index is 736. The van der Waals surface area contributed by atoms with Crippen molar-refractivity contribution >= 4 is 17.3 Å². The number of nitrogens with zero attached hydrogens (tertiary/aromatic N) is 3. The van der Waals surface area contributed by atoms with Crippen molar-refractivity contribution in [2.75, 3.05) is 20.6 Å². The molecule has 2 aromatic rings. The zero-order valence-corrected chi connectivity index (χ0v) is 15.2. The predicted molar refractivity (Wildman–Crippen MR) is 97.0 cm³/mol. The number of guanidine groups is 1. The van der Waals surface area contributed by atoms with Crippen LogP contribution in [0.15, 0.2) is 34.6 Å². The number of aryl methyl sites for hydroxylation is 1. The molecule has 24 heavy (non-hydrogen) atoms. The highest BCUT2D eigenvalue weighted by Crippen LogP contribution is 2.48. The highest BCUT2D eigenvalue weighted by Gasteiger charge is 2.45. The Morgan fingerprint density at radius 1 is 1.42 bits per heavy atom. The van der Waals surface area contributed by atoms with E-state index in [0.717, 1.165) is 35.1 Å². The van der Waals surface area contributed by atoms with E-state index in [2.05, 4.69) is 20.7 Å². The summed E-state index contributed by atoms with van der Waals surface area (Å²) in [6, 6.07) is 7.09. The quantitative estimate of drug-likeness (QED) is 0.667. The molecule has 1 heterocycles. The van der Waals surface area contributed by atoms with Gasteiger partial charge in [0.2, 0.25) is 0 Å². The van der Waals surface area contributed by atoms with Crippen LogP contribution in [-0.2, 0) is 12.0 Å². The summed E-state index contributed by atoms with van der Waals surface area (Å²) in [4.78, 5) is 10.9. The van der Waals surface area contributed by atoms with Crippen molar-refractivity contribution in [3.05, 3.63) is 51.7 Å². The van der Waals surface area contributed by atoms with E-state index in [9.17, 15) is 4.39 Å². The first-order chi connectivity index (χ1) is 11.5. The lowest BCUT2D eigenvalue weighted by Crippen LogP contribution is -2.42. The molecule has 0 saturated heterocycles. The number of nitrogens with one attached hydrogen (secondary N) is 1. The number of aromatic nitrogens is 1. The molecule has 0 bridgehead atoms. The number of benzene rings is 1. The summed E-state index contributed by atoms with van der Waals surface area (Å²) in [7, 11) is 3.76. The van der Waals surface area contributed by atoms with Crippen LogP contribution in [0.25, 0.3) is 0 Å². The first kappa shape index (κ1) is 16.9. The number of rotatable bonds is 5. The van der Waals surface area contributed by atoms with Gasteiger partial charge in [-0.3, -0.25) is 4.99 Å². The van der Waals surface area contributed by atoms with E-state index >= 15 is 0 Å². The highest BCUT2D eigenvalue weighted by molar-refractivity contribution is 7.09. The molecule has 1 saturated carbocycles. The predicted octanol–water partition coefficient (Wildman–Crippen LogP) is 3.33. The molecule has 6 heteroatoms. The first-order valence-corrected chi connectivity index (χ1v) is 9.00. The molecule has 1 aromatic heterocycles. The van der Waals surface area contributed by atoms with Crippen molar-refractivity contribution in [1.82, 2.24) is 15.2 Å². The normalized spacial score (nSPS) is 16.1. The van der Waals surface area contributed by atoms with Crippen molar-refractivity contribution in [2.24, 2.45) is 4.99 Å². The van der Waals surface area contributed by atoms with Gasteiger partial charge in [0.15, 0.2) is 5.96 Å². The van der Waals surface area contributed by atoms with Gasteiger partial charge < -0.3 is 10.2 Å². The van der Waals surface area contributed by atoms with Crippen LogP contribution in [-0.4, -0.2) is 36.5 Å². The molecule has 1 aromatic carbocycles. The van der Waals surface area contributed by atoms with Crippen LogP contribution in [0.3, 0.4) is 0 Å². The van der Waals surface area contributed by atoms with E-state index in [-0.39, 0.29) is 11.2 Å². The fourth-order valence-corrected chi connectivity index (χ4v) is 3.62. The minimum Gasteiger partial charge on any atom is -0.355 e. The van der Waals surface area contributed by atoms with E-state index in [0.29, 0.717) is 13.1 Å². The maximum atomic E-state index is 14.1. The summed E-state index contributed by atoms with van der Waals surface area (Å²) in [5.74, 6) is 0.696. The summed E-state index contributed by atoms with van der Waals surface area (Å²) < 4.78 is 14.1. The summed E-state index contributed by atoms with van der Waals surface area (Å²) in [6.45, 7) is 3.41. The molecule has 128 valence electrons. The molecule has 1 N–H and O–H groups in total. The monoisotopic (exact) mass is 346 g/mol. The Hall–Kier alpha value is -1.95. The smallest absolute Gasteiger partial charge is 0.193 e. The molecule has 0 radical (unpaired) electrons. The van der Waals surface area contributed by atoms with Crippen molar-refractivity contribution in [3.63, 3.8) is 0 Å². The highest BCUT2D eigenvalue weighted by atomic mass is 32.1. The van der Waals surface area contributed by atoms with E-state index in [4.69, 9.17) is 0 Å². The number of hydrogen-bond acceptors (Lipinski definition) is 3. The maximum absolute atomic E-state index is 14.1. The molecule has 4 nitrogen and oxygen atoms in total. The average Bonchev–Trinajstić information content (AvgIpc) is 3.24. The van der Waals surface area contributed by atoms with Crippen LogP contribution in [0.1, 0.15) is 29.1 Å². The number of aliphatic imine (C=N–C) groups is 1. The van der Waals surface area contributed by atoms with Gasteiger partial charge in [-0.25, -0.2) is 9.37 Å². The van der Waals surface area contributed by atoms with Gasteiger partial charge in [0.25, 0.3) is 0 Å². The Balaban J connectivity index is 1.63. The molecule has 3 rings (SSSR count). The van der Waals surface area contributed by atoms with Gasteiger partial charge in [0.05, 0.1) is 17.2 Å². The van der Waals surface area contributed by atoms with Crippen molar-refractivity contribution in [2.45, 2.75) is 31.7 Å². The molecule has 0 amide bonds. The van der Waals surface area contributed by atoms with Gasteiger partial charge >= 0.3 is 0 Å². The lowest BCUT2D eigenvalue weighted by molar-refractivity contribution is 0.462. The third-order valence-corrected chi connectivity index (χ3v) is 5.35. The van der Waals surface area contributed by atoms with Gasteiger partial charge in [-0.05, 0) is 31.4 Å². The molecule has 0 aliphatic heterocycles. The maximum Gasteiger partial charge on any atom is 0.193 e. The molecular weight excluding hydrogens is 323 g/mol. The van der Waals surface area contributed by atoms with Crippen LogP contribution >= 0.6 is 11.3 Å². The van der Waals surface area contributed by atoms with Crippen molar-refractivity contribution in [1.29, 1.82) is 0 Å². The minimum absolute atomic E-state index is 0.0979. The minimum atomic E-state index is -0.113. The number of halogens is 1. The van der Waals surface area contributed by atoms with Crippen molar-refractivity contribution < 1.29 is 4.39 Å². The van der Waals surface area contributed by atoms with E-state index in [1.807, 2.05) is 31.0 Å². The van der Waals surface area contributed by atoms with Crippen LogP contribution < -0.4 is 5.32 Å². The van der Waals surface area contributed by atoms with Crippen LogP contribution in [0.5, 0.6) is 0 Å². The SMILES string of the molecule is CN=C(NCC1(c2ccccc2F)CC1)N(C)Cc1csc(C)n1. The van der Waals surface area contributed by atoms with Gasteiger partial charge in [-0.15, -0.1) is 11.3 Å². The largest absolute Gasteiger partial charge is 0.355 e. The van der Waals surface area contributed by atoms with Gasteiger partial charge in [0, 0.05) is 31.4 Å². The van der Waals surface area contributed by atoms with Crippen LogP contribution in [0.4, 0.5) is 4.39 Å². The second-order valence-electron chi connectivity index (χ2n) is 6.37. The second-order valence-corrected chi connectivity index (χ2v) is 7.44. The van der Waals surface area contributed by atoms with E-state index in [1.165, 1.54) is 0 Å². The molecule has 1 aliphatic rings. The molecular formula is C18H23FN4S. The second kappa shape index (κ2) is 6.89. The fourth-order valence-electron chi connectivity index (χ4n) is 3.02. The summed E-state index contributed by atoms with van der Waals surface area (Å²) in [5.41, 5.74) is 1.75. The number of hydrogen-bond donors (Lipinski definition) is 1. The topological polar surface area (TPSA) is 40.5 Å². The summed E-state index contributed by atoms with van der Waals surface area (Å²) in [6.07, 6.45) is 2.01. The Kier molecular flexibility index (Phi) is 4.85. The van der Waals surface area contributed by atoms with Gasteiger partial charge in [-0.1, -0.05) is 18.2 Å². The van der Waals surface area contributed by atoms with Gasteiger partial charge in [0.1, 0.15) is 5.82 Å². The summed E-state index contributed by atoms with van der Waals surface area (Å²) >= 11 is 1.65. The molecule has 1 aliphatic carbocycles. The third kappa shape index (κ3) is 3.59. The Labute approximate surface area is 146 Å². The molecule has 1 fully saturated rings. The zero-order valence-electron chi connectivity index (χ0n) is 14.3. The van der Waals surface area contributed by atoms with Crippen LogP contribution in [0, 0.1) is 12.7 Å². The zero-order chi connectivity index (χ0) is 17.2. The fraction of sp³-hybridized carbons (Fsp3) is 0.444. The van der Waals surface area contributed by atoms with E-state index in [1.54, 1.807) is 30.5 Å². The van der Waals surface area contributed by atoms with E-state index < -0.39 is 0 Å². The first-order valence-electron chi connectivity index (χ1n) is 8.12. The Morgan fingerprint density at radius 3 is 2.75 bits per heavy atom. The average molecular weight is 346 g/mol. The molecule has 0 unspecified atom stereocenters. The standard InChI is InChI=1S/C18H23FN4S/c1-13-22-14(11-24-13)10-23(3)17(20-2)21-12-18(8-9-18)15-6-4-5-7-16(15)19/h4-7,11H,8-10,12H2,1-3H3,(H,20,21). The lowest BCUT2D eigenvalue weighted by Gasteiger charge is -2.24. The van der Waals surface area contributed by atoms with Gasteiger partial charge in [-0.2, -0.15) is 0 Å². The number of thiazole rings is 1.